The summed E-state index contributed by atoms with van der Waals surface area (Å²) in [7, 11) is 0. The Morgan fingerprint density at radius 3 is 2.25 bits per heavy atom. The number of carboxylic acid groups (broad SMARTS) is 1. The van der Waals surface area contributed by atoms with Crippen LogP contribution in [0.25, 0.3) is 0 Å². The number of rotatable bonds is 5. The maximum absolute atomic E-state index is 10.9. The Balaban J connectivity index is 2.87. The Morgan fingerprint density at radius 2 is 1.81 bits per heavy atom. The second-order valence-electron chi connectivity index (χ2n) is 3.71. The average Bonchev–Trinajstić information content (AvgIpc) is 2.25. The zero-order valence-electron chi connectivity index (χ0n) is 8.96. The molecule has 0 aromatic heterocycles. The van der Waals surface area contributed by atoms with Gasteiger partial charge >= 0.3 is 5.97 Å². The molecular weight excluding hydrogens is 208 g/mol. The maximum atomic E-state index is 10.9. The number of ketones is 1. The minimum absolute atomic E-state index is 0.161. The van der Waals surface area contributed by atoms with Crippen molar-refractivity contribution in [3.05, 3.63) is 35.9 Å². The van der Waals surface area contributed by atoms with Gasteiger partial charge in [-0.1, -0.05) is 30.3 Å². The third-order valence-electron chi connectivity index (χ3n) is 2.35. The van der Waals surface area contributed by atoms with Crippen LogP contribution in [0, 0.1) is 5.92 Å². The van der Waals surface area contributed by atoms with E-state index >= 15 is 0 Å². The highest BCUT2D eigenvalue weighted by atomic mass is 16.4. The van der Waals surface area contributed by atoms with Gasteiger partial charge in [-0.15, -0.1) is 0 Å². The van der Waals surface area contributed by atoms with Crippen molar-refractivity contribution in [3.63, 3.8) is 0 Å². The number of hydrogen-bond donors (Lipinski definition) is 2. The summed E-state index contributed by atoms with van der Waals surface area (Å²) in [4.78, 5) is 21.9. The highest BCUT2D eigenvalue weighted by Gasteiger charge is 2.28. The number of carbonyl (C=O) groups is 2. The summed E-state index contributed by atoms with van der Waals surface area (Å²) < 4.78 is 0. The van der Waals surface area contributed by atoms with Gasteiger partial charge in [0.2, 0.25) is 0 Å². The van der Waals surface area contributed by atoms with Gasteiger partial charge in [0.05, 0.1) is 12.0 Å². The largest absolute Gasteiger partial charge is 0.481 e. The predicted octanol–water partition coefficient (Wildman–Crippen LogP) is 1.40. The van der Waals surface area contributed by atoms with Gasteiger partial charge < -0.3 is 15.0 Å². The van der Waals surface area contributed by atoms with Crippen LogP contribution in [-0.2, 0) is 9.59 Å². The number of aliphatic hydroxyl groups excluding tert-OH is 1. The van der Waals surface area contributed by atoms with Crippen LogP contribution in [0.2, 0.25) is 0 Å². The Labute approximate surface area is 93.5 Å². The van der Waals surface area contributed by atoms with E-state index in [0.29, 0.717) is 5.56 Å². The van der Waals surface area contributed by atoms with Gasteiger partial charge in [0.1, 0.15) is 5.78 Å². The minimum atomic E-state index is -1.16. The number of aliphatic hydroxyl groups is 1. The monoisotopic (exact) mass is 222 g/mol. The van der Waals surface area contributed by atoms with Crippen molar-refractivity contribution in [2.24, 2.45) is 5.92 Å². The molecule has 0 aliphatic rings. The van der Waals surface area contributed by atoms with Gasteiger partial charge in [0.15, 0.2) is 0 Å². The van der Waals surface area contributed by atoms with Crippen molar-refractivity contribution < 1.29 is 19.8 Å². The van der Waals surface area contributed by atoms with E-state index in [9.17, 15) is 14.7 Å². The smallest absolute Gasteiger partial charge is 0.309 e. The predicted molar refractivity (Wildman–Crippen MR) is 57.8 cm³/mol. The number of Topliss-reactive ketones (excluding diaryl/α,β-unsaturated/α-hetero) is 1. The lowest BCUT2D eigenvalue weighted by Crippen LogP contribution is -2.24. The van der Waals surface area contributed by atoms with Gasteiger partial charge in [-0.25, -0.2) is 0 Å². The van der Waals surface area contributed by atoms with Gasteiger partial charge in [-0.3, -0.25) is 4.79 Å². The van der Waals surface area contributed by atoms with E-state index in [4.69, 9.17) is 5.11 Å². The molecule has 0 radical (unpaired) electrons. The zero-order chi connectivity index (χ0) is 12.1. The molecule has 0 amide bonds. The Bertz CT molecular complexity index is 372. The molecule has 0 fully saturated rings. The van der Waals surface area contributed by atoms with Crippen LogP contribution in [0.3, 0.4) is 0 Å². The molecule has 0 saturated heterocycles. The van der Waals surface area contributed by atoms with Crippen molar-refractivity contribution in [1.29, 1.82) is 0 Å². The van der Waals surface area contributed by atoms with Crippen molar-refractivity contribution in [2.45, 2.75) is 19.4 Å². The summed E-state index contributed by atoms with van der Waals surface area (Å²) in [6.07, 6.45) is -1.31. The normalized spacial score (nSPS) is 14.1. The fourth-order valence-corrected chi connectivity index (χ4v) is 1.53. The van der Waals surface area contributed by atoms with E-state index in [1.54, 1.807) is 30.3 Å². The average molecular weight is 222 g/mol. The number of hydrogen-bond acceptors (Lipinski definition) is 3. The van der Waals surface area contributed by atoms with Crippen molar-refractivity contribution >= 4 is 11.8 Å². The van der Waals surface area contributed by atoms with E-state index in [0.717, 1.165) is 0 Å². The Morgan fingerprint density at radius 1 is 1.25 bits per heavy atom. The SMILES string of the molecule is CC(=O)CC(C(=O)O)C(O)c1ccccc1. The van der Waals surface area contributed by atoms with Crippen molar-refractivity contribution in [2.75, 3.05) is 0 Å². The molecule has 0 bridgehead atoms. The summed E-state index contributed by atoms with van der Waals surface area (Å²) in [6, 6.07) is 8.48. The summed E-state index contributed by atoms with van der Waals surface area (Å²) in [6.45, 7) is 1.31. The van der Waals surface area contributed by atoms with Crippen molar-refractivity contribution in [1.82, 2.24) is 0 Å². The molecule has 1 aromatic carbocycles. The van der Waals surface area contributed by atoms with Crippen LogP contribution in [0.4, 0.5) is 0 Å². The van der Waals surface area contributed by atoms with Gasteiger partial charge in [0, 0.05) is 6.42 Å². The van der Waals surface area contributed by atoms with E-state index in [1.165, 1.54) is 6.92 Å². The zero-order valence-corrected chi connectivity index (χ0v) is 8.96. The highest BCUT2D eigenvalue weighted by Crippen LogP contribution is 2.24. The van der Waals surface area contributed by atoms with E-state index < -0.39 is 18.0 Å². The summed E-state index contributed by atoms with van der Waals surface area (Å²) in [5.41, 5.74) is 0.510. The number of carboxylic acids is 1. The van der Waals surface area contributed by atoms with Crippen molar-refractivity contribution in [3.8, 4) is 0 Å². The van der Waals surface area contributed by atoms with Crippen LogP contribution in [-0.4, -0.2) is 22.0 Å². The fraction of sp³-hybridized carbons (Fsp3) is 0.333. The molecule has 4 nitrogen and oxygen atoms in total. The molecular formula is C12H14O4. The molecule has 0 spiro atoms. The third kappa shape index (κ3) is 3.17. The molecule has 1 aromatic rings. The Hall–Kier alpha value is -1.68. The first kappa shape index (κ1) is 12.4. The van der Waals surface area contributed by atoms with Gasteiger partial charge in [-0.05, 0) is 12.5 Å². The molecule has 86 valence electrons. The van der Waals surface area contributed by atoms with Crippen LogP contribution >= 0.6 is 0 Å². The molecule has 4 heteroatoms. The van der Waals surface area contributed by atoms with Crippen LogP contribution in [0.15, 0.2) is 30.3 Å². The second kappa shape index (κ2) is 5.42. The van der Waals surface area contributed by atoms with Crippen LogP contribution in [0.5, 0.6) is 0 Å². The van der Waals surface area contributed by atoms with Crippen LogP contribution < -0.4 is 0 Å². The number of carbonyl (C=O) groups excluding carboxylic acids is 1. The third-order valence-corrected chi connectivity index (χ3v) is 2.35. The summed E-state index contributed by atoms with van der Waals surface area (Å²) in [5, 5.41) is 18.8. The first-order chi connectivity index (χ1) is 7.52. The Kier molecular flexibility index (Phi) is 4.19. The first-order valence-corrected chi connectivity index (χ1v) is 4.97. The lowest BCUT2D eigenvalue weighted by atomic mass is 9.91. The van der Waals surface area contributed by atoms with Crippen LogP contribution in [0.1, 0.15) is 25.0 Å². The standard InChI is InChI=1S/C12H14O4/c1-8(13)7-10(12(15)16)11(14)9-5-3-2-4-6-9/h2-6,10-11,14H,7H2,1H3,(H,15,16). The molecule has 0 aliphatic carbocycles. The molecule has 1 rings (SSSR count). The minimum Gasteiger partial charge on any atom is -0.481 e. The van der Waals surface area contributed by atoms with E-state index in [1.807, 2.05) is 0 Å². The molecule has 0 aliphatic heterocycles. The lowest BCUT2D eigenvalue weighted by Gasteiger charge is -2.18. The summed E-state index contributed by atoms with van der Waals surface area (Å²) in [5.74, 6) is -2.49. The molecule has 0 heterocycles. The van der Waals surface area contributed by atoms with E-state index in [2.05, 4.69) is 0 Å². The number of aliphatic carboxylic acids is 1. The first-order valence-electron chi connectivity index (χ1n) is 4.97. The lowest BCUT2D eigenvalue weighted by molar-refractivity contribution is -0.148. The van der Waals surface area contributed by atoms with Gasteiger partial charge in [0.25, 0.3) is 0 Å². The highest BCUT2D eigenvalue weighted by molar-refractivity contribution is 5.82. The topological polar surface area (TPSA) is 74.6 Å². The molecule has 0 saturated carbocycles. The van der Waals surface area contributed by atoms with Gasteiger partial charge in [-0.2, -0.15) is 0 Å². The van der Waals surface area contributed by atoms with E-state index in [-0.39, 0.29) is 12.2 Å². The number of benzene rings is 1. The molecule has 2 unspecified atom stereocenters. The molecule has 2 N–H and O–H groups in total. The quantitative estimate of drug-likeness (QED) is 0.789. The maximum Gasteiger partial charge on any atom is 0.309 e. The fourth-order valence-electron chi connectivity index (χ4n) is 1.53. The summed E-state index contributed by atoms with van der Waals surface area (Å²) >= 11 is 0. The molecule has 2 atom stereocenters. The molecule has 16 heavy (non-hydrogen) atoms. The second-order valence-corrected chi connectivity index (χ2v) is 3.71.